The normalized spacial score (nSPS) is 29.6. The number of nitrogens with two attached hydrogens (primary N) is 1. The van der Waals surface area contributed by atoms with Crippen LogP contribution in [-0.4, -0.2) is 5.54 Å². The molecule has 2 N–H and O–H groups in total. The molecule has 0 saturated heterocycles. The van der Waals surface area contributed by atoms with Crippen LogP contribution in [0.4, 0.5) is 0 Å². The summed E-state index contributed by atoms with van der Waals surface area (Å²) >= 11 is 0. The fourth-order valence-electron chi connectivity index (χ4n) is 2.81. The summed E-state index contributed by atoms with van der Waals surface area (Å²) in [6.45, 7) is 9.03. The van der Waals surface area contributed by atoms with E-state index in [0.717, 1.165) is 17.8 Å². The van der Waals surface area contributed by atoms with Crippen molar-refractivity contribution in [2.45, 2.75) is 65.3 Å². The van der Waals surface area contributed by atoms with Gasteiger partial charge in [-0.1, -0.05) is 26.7 Å². The van der Waals surface area contributed by atoms with Gasteiger partial charge in [0.15, 0.2) is 0 Å². The van der Waals surface area contributed by atoms with Crippen molar-refractivity contribution < 1.29 is 0 Å². The average Bonchev–Trinajstić information content (AvgIpc) is 2.02. The molecule has 0 aromatic carbocycles. The maximum atomic E-state index is 6.16. The number of rotatable bonds is 3. The molecular weight excluding hydrogens is 170 g/mol. The van der Waals surface area contributed by atoms with E-state index in [-0.39, 0.29) is 5.54 Å². The second kappa shape index (κ2) is 4.65. The highest BCUT2D eigenvalue weighted by atomic mass is 14.7. The first kappa shape index (κ1) is 12.0. The fraction of sp³-hybridized carbons (Fsp3) is 1.00. The Hall–Kier alpha value is -0.0400. The van der Waals surface area contributed by atoms with E-state index in [4.69, 9.17) is 5.73 Å². The van der Waals surface area contributed by atoms with Gasteiger partial charge in [0, 0.05) is 5.54 Å². The van der Waals surface area contributed by atoms with Crippen LogP contribution in [0, 0.1) is 17.8 Å². The topological polar surface area (TPSA) is 26.0 Å². The van der Waals surface area contributed by atoms with Gasteiger partial charge < -0.3 is 5.73 Å². The molecule has 0 amide bonds. The highest BCUT2D eigenvalue weighted by molar-refractivity contribution is 4.86. The van der Waals surface area contributed by atoms with E-state index in [9.17, 15) is 0 Å². The Morgan fingerprint density at radius 1 is 1.14 bits per heavy atom. The molecule has 84 valence electrons. The van der Waals surface area contributed by atoms with E-state index in [2.05, 4.69) is 27.7 Å². The van der Waals surface area contributed by atoms with Gasteiger partial charge in [-0.15, -0.1) is 0 Å². The summed E-state index contributed by atoms with van der Waals surface area (Å²) in [5.74, 6) is 2.60. The molecule has 14 heavy (non-hydrogen) atoms. The SMILES string of the molecule is CC(C)CC1CCC(C(C)(C)N)CC1. The maximum absolute atomic E-state index is 6.16. The van der Waals surface area contributed by atoms with Crippen LogP contribution in [0.2, 0.25) is 0 Å². The molecule has 0 aromatic heterocycles. The minimum Gasteiger partial charge on any atom is -0.325 e. The van der Waals surface area contributed by atoms with Crippen LogP contribution in [0.5, 0.6) is 0 Å². The van der Waals surface area contributed by atoms with Gasteiger partial charge in [0.1, 0.15) is 0 Å². The molecule has 1 nitrogen and oxygen atoms in total. The molecule has 1 aliphatic carbocycles. The van der Waals surface area contributed by atoms with Crippen molar-refractivity contribution in [2.24, 2.45) is 23.5 Å². The second-order valence-electron chi connectivity index (χ2n) is 6.17. The summed E-state index contributed by atoms with van der Waals surface area (Å²) in [6, 6.07) is 0. The predicted molar refractivity (Wildman–Crippen MR) is 63.2 cm³/mol. The van der Waals surface area contributed by atoms with Crippen LogP contribution in [-0.2, 0) is 0 Å². The molecule has 0 atom stereocenters. The van der Waals surface area contributed by atoms with Gasteiger partial charge in [0.25, 0.3) is 0 Å². The Labute approximate surface area is 89.5 Å². The van der Waals surface area contributed by atoms with Crippen molar-refractivity contribution in [1.82, 2.24) is 0 Å². The summed E-state index contributed by atoms with van der Waals surface area (Å²) in [4.78, 5) is 0. The van der Waals surface area contributed by atoms with Crippen LogP contribution < -0.4 is 5.73 Å². The number of hydrogen-bond acceptors (Lipinski definition) is 1. The monoisotopic (exact) mass is 197 g/mol. The molecule has 0 aliphatic heterocycles. The average molecular weight is 197 g/mol. The molecule has 1 rings (SSSR count). The third kappa shape index (κ3) is 3.61. The largest absolute Gasteiger partial charge is 0.325 e. The number of hydrogen-bond donors (Lipinski definition) is 1. The van der Waals surface area contributed by atoms with Crippen molar-refractivity contribution in [3.05, 3.63) is 0 Å². The summed E-state index contributed by atoms with van der Waals surface area (Å²) < 4.78 is 0. The Morgan fingerprint density at radius 2 is 1.64 bits per heavy atom. The minimum atomic E-state index is 0.0444. The van der Waals surface area contributed by atoms with E-state index in [1.165, 1.54) is 32.1 Å². The predicted octanol–water partition coefficient (Wildman–Crippen LogP) is 3.58. The Morgan fingerprint density at radius 3 is 2.00 bits per heavy atom. The molecule has 0 spiro atoms. The summed E-state index contributed by atoms with van der Waals surface area (Å²) in [5.41, 5.74) is 6.20. The maximum Gasteiger partial charge on any atom is 0.0125 e. The molecule has 0 bridgehead atoms. The Bertz CT molecular complexity index is 159. The van der Waals surface area contributed by atoms with E-state index < -0.39 is 0 Å². The van der Waals surface area contributed by atoms with E-state index in [0.29, 0.717) is 0 Å². The van der Waals surface area contributed by atoms with Gasteiger partial charge in [0.2, 0.25) is 0 Å². The molecular formula is C13H27N. The zero-order valence-corrected chi connectivity index (χ0v) is 10.3. The lowest BCUT2D eigenvalue weighted by atomic mass is 9.72. The van der Waals surface area contributed by atoms with Gasteiger partial charge in [-0.2, -0.15) is 0 Å². The molecule has 0 unspecified atom stereocenters. The lowest BCUT2D eigenvalue weighted by Crippen LogP contribution is -2.42. The molecule has 0 radical (unpaired) electrons. The zero-order chi connectivity index (χ0) is 10.8. The first-order valence-corrected chi connectivity index (χ1v) is 6.18. The van der Waals surface area contributed by atoms with Crippen molar-refractivity contribution >= 4 is 0 Å². The molecule has 1 fully saturated rings. The summed E-state index contributed by atoms with van der Waals surface area (Å²) in [6.07, 6.45) is 6.92. The van der Waals surface area contributed by atoms with Crippen LogP contribution in [0.15, 0.2) is 0 Å². The van der Waals surface area contributed by atoms with E-state index >= 15 is 0 Å². The standard InChI is InChI=1S/C13H27N/c1-10(2)9-11-5-7-12(8-6-11)13(3,4)14/h10-12H,5-9,14H2,1-4H3. The molecule has 1 heteroatoms. The zero-order valence-electron chi connectivity index (χ0n) is 10.3. The molecule has 0 aromatic rings. The third-order valence-corrected chi connectivity index (χ3v) is 3.70. The van der Waals surface area contributed by atoms with Crippen molar-refractivity contribution in [3.63, 3.8) is 0 Å². The smallest absolute Gasteiger partial charge is 0.0125 e. The first-order chi connectivity index (χ1) is 6.39. The van der Waals surface area contributed by atoms with Gasteiger partial charge in [-0.25, -0.2) is 0 Å². The van der Waals surface area contributed by atoms with Crippen LogP contribution in [0.25, 0.3) is 0 Å². The van der Waals surface area contributed by atoms with Gasteiger partial charge in [-0.3, -0.25) is 0 Å². The van der Waals surface area contributed by atoms with Crippen molar-refractivity contribution in [2.75, 3.05) is 0 Å². The Kier molecular flexibility index (Phi) is 4.00. The van der Waals surface area contributed by atoms with Crippen molar-refractivity contribution in [1.29, 1.82) is 0 Å². The molecule has 0 heterocycles. The van der Waals surface area contributed by atoms with Gasteiger partial charge in [-0.05, 0) is 50.9 Å². The fourth-order valence-corrected chi connectivity index (χ4v) is 2.81. The molecule has 1 aliphatic rings. The Balaban J connectivity index is 2.31. The highest BCUT2D eigenvalue weighted by Crippen LogP contribution is 2.36. The van der Waals surface area contributed by atoms with Crippen molar-refractivity contribution in [3.8, 4) is 0 Å². The quantitative estimate of drug-likeness (QED) is 0.735. The lowest BCUT2D eigenvalue weighted by Gasteiger charge is -2.37. The second-order valence-corrected chi connectivity index (χ2v) is 6.17. The minimum absolute atomic E-state index is 0.0444. The van der Waals surface area contributed by atoms with Crippen LogP contribution in [0.3, 0.4) is 0 Å². The molecule has 1 saturated carbocycles. The van der Waals surface area contributed by atoms with E-state index in [1.54, 1.807) is 0 Å². The lowest BCUT2D eigenvalue weighted by molar-refractivity contribution is 0.183. The van der Waals surface area contributed by atoms with Crippen LogP contribution in [0.1, 0.15) is 59.8 Å². The summed E-state index contributed by atoms with van der Waals surface area (Å²) in [5, 5.41) is 0. The first-order valence-electron chi connectivity index (χ1n) is 6.18. The van der Waals surface area contributed by atoms with Gasteiger partial charge >= 0.3 is 0 Å². The van der Waals surface area contributed by atoms with E-state index in [1.807, 2.05) is 0 Å². The third-order valence-electron chi connectivity index (χ3n) is 3.70. The van der Waals surface area contributed by atoms with Crippen LogP contribution >= 0.6 is 0 Å². The summed E-state index contributed by atoms with van der Waals surface area (Å²) in [7, 11) is 0. The van der Waals surface area contributed by atoms with Gasteiger partial charge in [0.05, 0.1) is 0 Å². The highest BCUT2D eigenvalue weighted by Gasteiger charge is 2.30.